The van der Waals surface area contributed by atoms with Gasteiger partial charge in [-0.3, -0.25) is 14.9 Å². The molecule has 0 saturated carbocycles. The van der Waals surface area contributed by atoms with E-state index < -0.39 is 11.0 Å². The third-order valence-electron chi connectivity index (χ3n) is 3.55. The molecule has 0 aliphatic rings. The molecular formula is C16H26ClN3O3. The SMILES string of the molecule is CC(C)(C)[C@H](N)C(=O)NCCCCc1ccc([N+](=O)[O-])cc1.Cl. The molecule has 0 bridgehead atoms. The molecule has 6 nitrogen and oxygen atoms in total. The van der Waals surface area contributed by atoms with Crippen molar-refractivity contribution >= 4 is 24.0 Å². The van der Waals surface area contributed by atoms with Crippen LogP contribution in [0.1, 0.15) is 39.2 Å². The Morgan fingerprint density at radius 1 is 1.26 bits per heavy atom. The molecule has 1 aromatic rings. The maximum absolute atomic E-state index is 11.8. The smallest absolute Gasteiger partial charge is 0.269 e. The van der Waals surface area contributed by atoms with Crippen LogP contribution in [0, 0.1) is 15.5 Å². The number of unbranched alkanes of at least 4 members (excludes halogenated alkanes) is 1. The fourth-order valence-electron chi connectivity index (χ4n) is 1.95. The number of amides is 1. The van der Waals surface area contributed by atoms with Crippen LogP contribution in [0.15, 0.2) is 24.3 Å². The van der Waals surface area contributed by atoms with Gasteiger partial charge in [-0.1, -0.05) is 32.9 Å². The van der Waals surface area contributed by atoms with E-state index in [0.717, 1.165) is 24.8 Å². The average molecular weight is 344 g/mol. The molecule has 0 spiro atoms. The van der Waals surface area contributed by atoms with Crippen LogP contribution >= 0.6 is 12.4 Å². The summed E-state index contributed by atoms with van der Waals surface area (Å²) in [6.07, 6.45) is 2.58. The van der Waals surface area contributed by atoms with Crippen molar-refractivity contribution in [2.24, 2.45) is 11.1 Å². The zero-order valence-corrected chi connectivity index (χ0v) is 14.7. The van der Waals surface area contributed by atoms with Gasteiger partial charge < -0.3 is 11.1 Å². The van der Waals surface area contributed by atoms with E-state index in [1.807, 2.05) is 20.8 Å². The fourth-order valence-corrected chi connectivity index (χ4v) is 1.95. The summed E-state index contributed by atoms with van der Waals surface area (Å²) >= 11 is 0. The maximum Gasteiger partial charge on any atom is 0.269 e. The van der Waals surface area contributed by atoms with Crippen LogP contribution in [0.5, 0.6) is 0 Å². The molecule has 1 aromatic carbocycles. The highest BCUT2D eigenvalue weighted by Crippen LogP contribution is 2.17. The minimum absolute atomic E-state index is 0. The number of nitro groups is 1. The number of hydrogen-bond acceptors (Lipinski definition) is 4. The Balaban J connectivity index is 0.00000484. The average Bonchev–Trinajstić information content (AvgIpc) is 2.45. The number of non-ortho nitro benzene ring substituents is 1. The van der Waals surface area contributed by atoms with E-state index in [9.17, 15) is 14.9 Å². The van der Waals surface area contributed by atoms with Crippen molar-refractivity contribution < 1.29 is 9.72 Å². The summed E-state index contributed by atoms with van der Waals surface area (Å²) in [5.41, 5.74) is 6.79. The van der Waals surface area contributed by atoms with E-state index >= 15 is 0 Å². The van der Waals surface area contributed by atoms with E-state index in [1.165, 1.54) is 12.1 Å². The zero-order valence-electron chi connectivity index (χ0n) is 13.9. The van der Waals surface area contributed by atoms with E-state index in [2.05, 4.69) is 5.32 Å². The summed E-state index contributed by atoms with van der Waals surface area (Å²) in [6.45, 7) is 6.40. The third kappa shape index (κ3) is 7.43. The van der Waals surface area contributed by atoms with Crippen LogP contribution in [-0.4, -0.2) is 23.4 Å². The van der Waals surface area contributed by atoms with Crippen molar-refractivity contribution in [3.8, 4) is 0 Å². The van der Waals surface area contributed by atoms with E-state index in [0.29, 0.717) is 6.54 Å². The van der Waals surface area contributed by atoms with Gasteiger partial charge in [0.2, 0.25) is 5.91 Å². The second-order valence-corrected chi connectivity index (χ2v) is 6.52. The highest BCUT2D eigenvalue weighted by molar-refractivity contribution is 5.85. The highest BCUT2D eigenvalue weighted by atomic mass is 35.5. The molecule has 0 saturated heterocycles. The van der Waals surface area contributed by atoms with Gasteiger partial charge >= 0.3 is 0 Å². The molecule has 1 amide bonds. The van der Waals surface area contributed by atoms with Gasteiger partial charge in [0.15, 0.2) is 0 Å². The summed E-state index contributed by atoms with van der Waals surface area (Å²) in [4.78, 5) is 22.0. The van der Waals surface area contributed by atoms with Gasteiger partial charge in [-0.15, -0.1) is 12.4 Å². The summed E-state index contributed by atoms with van der Waals surface area (Å²) in [6, 6.07) is 6.05. The Hall–Kier alpha value is -1.66. The molecule has 3 N–H and O–H groups in total. The quantitative estimate of drug-likeness (QED) is 0.451. The Bertz CT molecular complexity index is 512. The van der Waals surface area contributed by atoms with Crippen molar-refractivity contribution in [2.45, 2.75) is 46.1 Å². The summed E-state index contributed by atoms with van der Waals surface area (Å²) in [5.74, 6) is -0.122. The molecule has 0 heterocycles. The lowest BCUT2D eigenvalue weighted by Gasteiger charge is -2.25. The summed E-state index contributed by atoms with van der Waals surface area (Å²) in [5, 5.41) is 13.4. The number of halogens is 1. The number of carbonyl (C=O) groups is 1. The summed E-state index contributed by atoms with van der Waals surface area (Å²) < 4.78 is 0. The normalized spacial score (nSPS) is 12.2. The van der Waals surface area contributed by atoms with Crippen LogP contribution in [-0.2, 0) is 11.2 Å². The molecule has 0 fully saturated rings. The van der Waals surface area contributed by atoms with Crippen molar-refractivity contribution in [1.82, 2.24) is 5.32 Å². The second-order valence-electron chi connectivity index (χ2n) is 6.52. The van der Waals surface area contributed by atoms with Crippen LogP contribution < -0.4 is 11.1 Å². The molecule has 0 aromatic heterocycles. The Morgan fingerprint density at radius 2 is 1.83 bits per heavy atom. The lowest BCUT2D eigenvalue weighted by molar-refractivity contribution is -0.384. The predicted octanol–water partition coefficient (Wildman–Crippen LogP) is 2.83. The Morgan fingerprint density at radius 3 is 2.30 bits per heavy atom. The molecule has 0 aliphatic heterocycles. The largest absolute Gasteiger partial charge is 0.355 e. The van der Waals surface area contributed by atoms with Crippen LogP contribution in [0.2, 0.25) is 0 Å². The maximum atomic E-state index is 11.8. The molecule has 0 unspecified atom stereocenters. The third-order valence-corrected chi connectivity index (χ3v) is 3.55. The van der Waals surface area contributed by atoms with E-state index in [-0.39, 0.29) is 29.4 Å². The van der Waals surface area contributed by atoms with E-state index in [4.69, 9.17) is 5.73 Å². The van der Waals surface area contributed by atoms with Crippen molar-refractivity contribution in [3.63, 3.8) is 0 Å². The minimum atomic E-state index is -0.512. The molecule has 0 radical (unpaired) electrons. The number of benzene rings is 1. The van der Waals surface area contributed by atoms with Gasteiger partial charge in [-0.25, -0.2) is 0 Å². The number of aryl methyl sites for hydroxylation is 1. The number of nitrogens with zero attached hydrogens (tertiary/aromatic N) is 1. The number of nitrogens with one attached hydrogen (secondary N) is 1. The van der Waals surface area contributed by atoms with Gasteiger partial charge in [0, 0.05) is 18.7 Å². The van der Waals surface area contributed by atoms with Gasteiger partial charge in [0.1, 0.15) is 0 Å². The second kappa shape index (κ2) is 9.47. The van der Waals surface area contributed by atoms with Gasteiger partial charge in [0.05, 0.1) is 11.0 Å². The van der Waals surface area contributed by atoms with Gasteiger partial charge in [0.25, 0.3) is 5.69 Å². The number of carbonyl (C=O) groups excluding carboxylic acids is 1. The molecule has 130 valence electrons. The van der Waals surface area contributed by atoms with Gasteiger partial charge in [-0.2, -0.15) is 0 Å². The first-order valence-electron chi connectivity index (χ1n) is 7.48. The van der Waals surface area contributed by atoms with Crippen molar-refractivity contribution in [3.05, 3.63) is 39.9 Å². The molecule has 23 heavy (non-hydrogen) atoms. The lowest BCUT2D eigenvalue weighted by atomic mass is 9.87. The molecule has 0 aliphatic carbocycles. The van der Waals surface area contributed by atoms with Crippen molar-refractivity contribution in [2.75, 3.05) is 6.54 Å². The van der Waals surface area contributed by atoms with Crippen LogP contribution in [0.3, 0.4) is 0 Å². The first kappa shape index (κ1) is 21.3. The Kier molecular flexibility index (Phi) is 8.79. The Labute approximate surface area is 143 Å². The standard InChI is InChI=1S/C16H25N3O3.ClH/c1-16(2,3)14(17)15(20)18-11-5-4-6-12-7-9-13(10-8-12)19(21)22;/h7-10,14H,4-6,11,17H2,1-3H3,(H,18,20);1H/t14-;/m1./s1. The topological polar surface area (TPSA) is 98.3 Å². The molecule has 7 heteroatoms. The highest BCUT2D eigenvalue weighted by Gasteiger charge is 2.26. The van der Waals surface area contributed by atoms with Crippen LogP contribution in [0.25, 0.3) is 0 Å². The monoisotopic (exact) mass is 343 g/mol. The zero-order chi connectivity index (χ0) is 16.8. The molecule has 1 atom stereocenters. The first-order chi connectivity index (χ1) is 10.2. The number of rotatable bonds is 7. The number of hydrogen-bond donors (Lipinski definition) is 2. The van der Waals surface area contributed by atoms with E-state index in [1.54, 1.807) is 12.1 Å². The van der Waals surface area contributed by atoms with Gasteiger partial charge in [-0.05, 0) is 30.2 Å². The number of nitrogens with two attached hydrogens (primary N) is 1. The lowest BCUT2D eigenvalue weighted by Crippen LogP contribution is -2.48. The fraction of sp³-hybridized carbons (Fsp3) is 0.562. The molecular weight excluding hydrogens is 318 g/mol. The summed E-state index contributed by atoms with van der Waals surface area (Å²) in [7, 11) is 0. The predicted molar refractivity (Wildman–Crippen MR) is 93.7 cm³/mol. The number of nitro benzene ring substituents is 1. The van der Waals surface area contributed by atoms with Crippen LogP contribution in [0.4, 0.5) is 5.69 Å². The first-order valence-corrected chi connectivity index (χ1v) is 7.48. The molecule has 1 rings (SSSR count). The minimum Gasteiger partial charge on any atom is -0.355 e. The van der Waals surface area contributed by atoms with Crippen molar-refractivity contribution in [1.29, 1.82) is 0 Å².